The first-order chi connectivity index (χ1) is 11.1. The van der Waals surface area contributed by atoms with Crippen LogP contribution >= 0.6 is 0 Å². The van der Waals surface area contributed by atoms with Crippen molar-refractivity contribution >= 4 is 22.9 Å². The van der Waals surface area contributed by atoms with Gasteiger partial charge >= 0.3 is 11.9 Å². The molecule has 7 nitrogen and oxygen atoms in total. The van der Waals surface area contributed by atoms with Gasteiger partial charge in [0.1, 0.15) is 5.75 Å². The third-order valence-electron chi connectivity index (χ3n) is 3.30. The maximum absolute atomic E-state index is 12.1. The number of aromatic nitrogens is 1. The second-order valence-corrected chi connectivity index (χ2v) is 4.88. The van der Waals surface area contributed by atoms with Crippen LogP contribution < -0.4 is 16.2 Å². The number of fused-ring (bicyclic) bond motifs is 1. The molecule has 3 rings (SSSR count). The van der Waals surface area contributed by atoms with Crippen molar-refractivity contribution < 1.29 is 18.7 Å². The Hall–Kier alpha value is -3.22. The van der Waals surface area contributed by atoms with Gasteiger partial charge in [-0.2, -0.15) is 0 Å². The molecule has 1 heterocycles. The molecule has 0 spiro atoms. The zero-order valence-corrected chi connectivity index (χ0v) is 12.3. The quantitative estimate of drug-likeness (QED) is 0.453. The average Bonchev–Trinajstić information content (AvgIpc) is 2.82. The number of rotatable bonds is 3. The first-order valence-electron chi connectivity index (χ1n) is 6.80. The maximum Gasteiger partial charge on any atom is 0.513 e. The molecule has 1 aromatic heterocycles. The van der Waals surface area contributed by atoms with Crippen LogP contribution in [0.3, 0.4) is 0 Å². The van der Waals surface area contributed by atoms with Crippen molar-refractivity contribution in [2.45, 2.75) is 6.54 Å². The summed E-state index contributed by atoms with van der Waals surface area (Å²) in [5.41, 5.74) is 8.16. The SMILES string of the molecule is COC(=O)Oc1ccc2c(c1)oc(=O)n2Cc1cccc(N)c1. The highest BCUT2D eigenvalue weighted by Crippen LogP contribution is 2.21. The molecule has 0 radical (unpaired) electrons. The lowest BCUT2D eigenvalue weighted by Crippen LogP contribution is -2.14. The number of nitrogens with two attached hydrogens (primary N) is 1. The lowest BCUT2D eigenvalue weighted by Gasteiger charge is -2.04. The first kappa shape index (κ1) is 14.7. The van der Waals surface area contributed by atoms with Crippen molar-refractivity contribution in [3.05, 3.63) is 58.6 Å². The van der Waals surface area contributed by atoms with Gasteiger partial charge in [0.05, 0.1) is 19.2 Å². The van der Waals surface area contributed by atoms with Crippen LogP contribution in [0.25, 0.3) is 11.1 Å². The fraction of sp³-hybridized carbons (Fsp3) is 0.125. The molecule has 7 heteroatoms. The Morgan fingerprint density at radius 2 is 2.09 bits per heavy atom. The minimum absolute atomic E-state index is 0.231. The van der Waals surface area contributed by atoms with Crippen LogP contribution in [0.4, 0.5) is 10.5 Å². The van der Waals surface area contributed by atoms with E-state index < -0.39 is 11.9 Å². The Labute approximate surface area is 130 Å². The summed E-state index contributed by atoms with van der Waals surface area (Å²) in [7, 11) is 1.21. The number of anilines is 1. The molecule has 3 aromatic rings. The van der Waals surface area contributed by atoms with Gasteiger partial charge < -0.3 is 19.6 Å². The molecule has 0 atom stereocenters. The Morgan fingerprint density at radius 1 is 1.26 bits per heavy atom. The predicted molar refractivity (Wildman–Crippen MR) is 83.5 cm³/mol. The highest BCUT2D eigenvalue weighted by Gasteiger charge is 2.12. The van der Waals surface area contributed by atoms with Gasteiger partial charge in [0.25, 0.3) is 0 Å². The molecule has 2 aromatic carbocycles. The van der Waals surface area contributed by atoms with E-state index in [2.05, 4.69) is 4.74 Å². The molecule has 23 heavy (non-hydrogen) atoms. The molecule has 0 bridgehead atoms. The zero-order valence-electron chi connectivity index (χ0n) is 12.3. The number of carbonyl (C=O) groups excluding carboxylic acids is 1. The van der Waals surface area contributed by atoms with E-state index in [1.54, 1.807) is 24.3 Å². The Kier molecular flexibility index (Phi) is 3.76. The largest absolute Gasteiger partial charge is 0.513 e. The van der Waals surface area contributed by atoms with Gasteiger partial charge in [-0.15, -0.1) is 0 Å². The fourth-order valence-electron chi connectivity index (χ4n) is 2.27. The maximum atomic E-state index is 12.1. The minimum Gasteiger partial charge on any atom is -0.437 e. The van der Waals surface area contributed by atoms with E-state index in [0.29, 0.717) is 23.3 Å². The van der Waals surface area contributed by atoms with Crippen LogP contribution in [0.1, 0.15) is 5.56 Å². The standard InChI is InChI=1S/C16H14N2O5/c1-21-16(20)22-12-5-6-13-14(8-12)23-15(19)18(13)9-10-3-2-4-11(17)7-10/h2-8H,9,17H2,1H3. The van der Waals surface area contributed by atoms with E-state index in [1.165, 1.54) is 17.7 Å². The van der Waals surface area contributed by atoms with E-state index >= 15 is 0 Å². The lowest BCUT2D eigenvalue weighted by molar-refractivity contribution is 0.121. The summed E-state index contributed by atoms with van der Waals surface area (Å²) in [4.78, 5) is 23.2. The predicted octanol–water partition coefficient (Wildman–Crippen LogP) is 2.37. The number of hydrogen-bond donors (Lipinski definition) is 1. The Bertz CT molecular complexity index is 926. The van der Waals surface area contributed by atoms with Crippen LogP contribution in [0.2, 0.25) is 0 Å². The van der Waals surface area contributed by atoms with Crippen molar-refractivity contribution in [1.29, 1.82) is 0 Å². The number of hydrogen-bond acceptors (Lipinski definition) is 6. The monoisotopic (exact) mass is 314 g/mol. The number of ether oxygens (including phenoxy) is 2. The van der Waals surface area contributed by atoms with E-state index in [9.17, 15) is 9.59 Å². The van der Waals surface area contributed by atoms with E-state index in [4.69, 9.17) is 14.9 Å². The number of methoxy groups -OCH3 is 1. The van der Waals surface area contributed by atoms with Gasteiger partial charge in [-0.1, -0.05) is 12.1 Å². The molecular weight excluding hydrogens is 300 g/mol. The van der Waals surface area contributed by atoms with E-state index in [-0.39, 0.29) is 5.75 Å². The summed E-state index contributed by atoms with van der Waals surface area (Å²) in [5.74, 6) is -0.271. The van der Waals surface area contributed by atoms with E-state index in [1.807, 2.05) is 12.1 Å². The van der Waals surface area contributed by atoms with Gasteiger partial charge in [0, 0.05) is 11.8 Å². The van der Waals surface area contributed by atoms with Crippen LogP contribution in [0, 0.1) is 0 Å². The highest BCUT2D eigenvalue weighted by molar-refractivity contribution is 5.76. The topological polar surface area (TPSA) is 96.7 Å². The van der Waals surface area contributed by atoms with Crippen molar-refractivity contribution in [2.24, 2.45) is 0 Å². The van der Waals surface area contributed by atoms with Crippen LogP contribution in [-0.4, -0.2) is 17.8 Å². The summed E-state index contributed by atoms with van der Waals surface area (Å²) in [6.45, 7) is 0.327. The van der Waals surface area contributed by atoms with Gasteiger partial charge in [-0.05, 0) is 29.8 Å². The van der Waals surface area contributed by atoms with Crippen molar-refractivity contribution in [3.8, 4) is 5.75 Å². The number of carbonyl (C=O) groups is 1. The summed E-state index contributed by atoms with van der Waals surface area (Å²) in [6, 6.07) is 11.9. The summed E-state index contributed by atoms with van der Waals surface area (Å²) < 4.78 is 16.0. The van der Waals surface area contributed by atoms with Crippen LogP contribution in [0.5, 0.6) is 5.75 Å². The second kappa shape index (κ2) is 5.88. The number of benzene rings is 2. The molecule has 0 aliphatic rings. The molecule has 0 unspecified atom stereocenters. The smallest absolute Gasteiger partial charge is 0.437 e. The van der Waals surface area contributed by atoms with Crippen molar-refractivity contribution in [3.63, 3.8) is 0 Å². The lowest BCUT2D eigenvalue weighted by atomic mass is 10.2. The number of oxazole rings is 1. The molecule has 0 amide bonds. The van der Waals surface area contributed by atoms with Gasteiger partial charge in [0.15, 0.2) is 5.58 Å². The highest BCUT2D eigenvalue weighted by atomic mass is 16.7. The van der Waals surface area contributed by atoms with E-state index in [0.717, 1.165) is 5.56 Å². The number of nitrogens with zero attached hydrogens (tertiary/aromatic N) is 1. The second-order valence-electron chi connectivity index (χ2n) is 4.88. The average molecular weight is 314 g/mol. The van der Waals surface area contributed by atoms with Gasteiger partial charge in [-0.25, -0.2) is 9.59 Å². The summed E-state index contributed by atoms with van der Waals surface area (Å²) in [6.07, 6.45) is -0.842. The van der Waals surface area contributed by atoms with Crippen LogP contribution in [-0.2, 0) is 11.3 Å². The number of nitrogen functional groups attached to an aromatic ring is 1. The summed E-state index contributed by atoms with van der Waals surface area (Å²) in [5, 5.41) is 0. The fourth-order valence-corrected chi connectivity index (χ4v) is 2.27. The first-order valence-corrected chi connectivity index (χ1v) is 6.80. The van der Waals surface area contributed by atoms with Crippen molar-refractivity contribution in [2.75, 3.05) is 12.8 Å². The minimum atomic E-state index is -0.842. The zero-order chi connectivity index (χ0) is 16.4. The molecule has 2 N–H and O–H groups in total. The molecule has 0 saturated heterocycles. The van der Waals surface area contributed by atoms with Gasteiger partial charge in [0.2, 0.25) is 0 Å². The molecular formula is C16H14N2O5. The molecule has 118 valence electrons. The van der Waals surface area contributed by atoms with Crippen LogP contribution in [0.15, 0.2) is 51.7 Å². The Balaban J connectivity index is 1.97. The third-order valence-corrected chi connectivity index (χ3v) is 3.30. The normalized spacial score (nSPS) is 10.7. The summed E-state index contributed by atoms with van der Waals surface area (Å²) >= 11 is 0. The Morgan fingerprint density at radius 3 is 2.83 bits per heavy atom. The van der Waals surface area contributed by atoms with Gasteiger partial charge in [-0.3, -0.25) is 4.57 Å². The molecule has 0 saturated carbocycles. The molecule has 0 fully saturated rings. The third kappa shape index (κ3) is 3.03. The molecule has 0 aliphatic carbocycles. The van der Waals surface area contributed by atoms with Crippen molar-refractivity contribution in [1.82, 2.24) is 4.57 Å². The molecule has 0 aliphatic heterocycles.